The highest BCUT2D eigenvalue weighted by Crippen LogP contribution is 2.52. The number of aryl methyl sites for hydroxylation is 1. The first-order valence-electron chi connectivity index (χ1n) is 5.69. The Morgan fingerprint density at radius 2 is 1.88 bits per heavy atom. The van der Waals surface area contributed by atoms with E-state index in [1.54, 1.807) is 6.92 Å². The first-order valence-corrected chi connectivity index (χ1v) is 7.40. The molecule has 2 rings (SSSR count). The maximum absolute atomic E-state index is 11.8. The molecule has 1 aliphatic carbocycles. The number of sulfone groups is 1. The van der Waals surface area contributed by atoms with Gasteiger partial charge in [-0.05, 0) is 12.5 Å². The molecule has 1 fully saturated rings. The topological polar surface area (TPSA) is 57.9 Å². The first kappa shape index (κ1) is 12.1. The Hall–Kier alpha value is -1.34. The second-order valence-electron chi connectivity index (χ2n) is 4.51. The highest BCUT2D eigenvalue weighted by atomic mass is 32.2. The summed E-state index contributed by atoms with van der Waals surface area (Å²) in [6.07, 6.45) is 0. The van der Waals surface area contributed by atoms with Crippen LogP contribution in [0.25, 0.3) is 0 Å². The molecule has 17 heavy (non-hydrogen) atoms. The van der Waals surface area contributed by atoms with Crippen molar-refractivity contribution in [2.75, 3.05) is 5.75 Å². The molecule has 1 saturated carbocycles. The molecule has 0 spiro atoms. The van der Waals surface area contributed by atoms with Gasteiger partial charge in [0.2, 0.25) is 0 Å². The van der Waals surface area contributed by atoms with E-state index in [1.165, 1.54) is 0 Å². The largest absolute Gasteiger partial charge is 0.228 e. The van der Waals surface area contributed by atoms with Gasteiger partial charge in [-0.3, -0.25) is 0 Å². The van der Waals surface area contributed by atoms with Gasteiger partial charge in [0.05, 0.1) is 17.2 Å². The Balaban J connectivity index is 2.30. The molecular weight excluding hydrogens is 234 g/mol. The molecule has 0 radical (unpaired) electrons. The van der Waals surface area contributed by atoms with Gasteiger partial charge in [0.25, 0.3) is 0 Å². The van der Waals surface area contributed by atoms with Gasteiger partial charge in [-0.25, -0.2) is 8.42 Å². The fourth-order valence-electron chi connectivity index (χ4n) is 2.26. The molecule has 0 saturated heterocycles. The quantitative estimate of drug-likeness (QED) is 0.823. The van der Waals surface area contributed by atoms with Gasteiger partial charge < -0.3 is 0 Å². The highest BCUT2D eigenvalue weighted by Gasteiger charge is 2.58. The van der Waals surface area contributed by atoms with Gasteiger partial charge >= 0.3 is 0 Å². The average molecular weight is 249 g/mol. The molecule has 90 valence electrons. The predicted molar refractivity (Wildman–Crippen MR) is 66.3 cm³/mol. The van der Waals surface area contributed by atoms with Gasteiger partial charge in [0, 0.05) is 11.7 Å². The Morgan fingerprint density at radius 1 is 1.29 bits per heavy atom. The lowest BCUT2D eigenvalue weighted by Gasteiger charge is -2.01. The molecule has 0 unspecified atom stereocenters. The lowest BCUT2D eigenvalue weighted by Crippen LogP contribution is -2.12. The van der Waals surface area contributed by atoms with Crippen LogP contribution in [0.3, 0.4) is 0 Å². The maximum Gasteiger partial charge on any atom is 0.154 e. The number of hydrogen-bond donors (Lipinski definition) is 0. The maximum atomic E-state index is 11.8. The van der Waals surface area contributed by atoms with Crippen molar-refractivity contribution in [2.24, 2.45) is 5.92 Å². The van der Waals surface area contributed by atoms with Crippen LogP contribution in [0.15, 0.2) is 24.3 Å². The minimum absolute atomic E-state index is 0.109. The van der Waals surface area contributed by atoms with Crippen LogP contribution in [0.2, 0.25) is 0 Å². The van der Waals surface area contributed by atoms with E-state index in [1.807, 2.05) is 31.2 Å². The van der Waals surface area contributed by atoms with Crippen LogP contribution in [-0.2, 0) is 9.84 Å². The molecule has 4 heteroatoms. The summed E-state index contributed by atoms with van der Waals surface area (Å²) in [5.41, 5.74) is 2.10. The Kier molecular flexibility index (Phi) is 2.96. The molecule has 0 heterocycles. The van der Waals surface area contributed by atoms with Gasteiger partial charge in [0.15, 0.2) is 9.84 Å². The van der Waals surface area contributed by atoms with Crippen LogP contribution in [0.4, 0.5) is 0 Å². The van der Waals surface area contributed by atoms with Crippen molar-refractivity contribution >= 4 is 9.84 Å². The number of nitriles is 1. The van der Waals surface area contributed by atoms with E-state index in [-0.39, 0.29) is 17.6 Å². The van der Waals surface area contributed by atoms with Crippen molar-refractivity contribution in [3.8, 4) is 6.07 Å². The summed E-state index contributed by atoms with van der Waals surface area (Å²) in [6.45, 7) is 3.62. The van der Waals surface area contributed by atoms with Gasteiger partial charge in [-0.15, -0.1) is 0 Å². The fourth-order valence-corrected chi connectivity index (χ4v) is 4.01. The minimum Gasteiger partial charge on any atom is -0.228 e. The Bertz CT molecular complexity index is 554. The van der Waals surface area contributed by atoms with Crippen molar-refractivity contribution < 1.29 is 8.42 Å². The van der Waals surface area contributed by atoms with E-state index in [0.717, 1.165) is 11.1 Å². The smallest absolute Gasteiger partial charge is 0.154 e. The van der Waals surface area contributed by atoms with Crippen molar-refractivity contribution in [1.82, 2.24) is 0 Å². The normalized spacial score (nSPS) is 27.5. The van der Waals surface area contributed by atoms with Crippen molar-refractivity contribution in [1.29, 1.82) is 5.26 Å². The third kappa shape index (κ3) is 2.07. The standard InChI is InChI=1S/C13H15NO2S/c1-3-17(15,16)13-11(8-14)12(13)10-6-4-9(2)5-7-10/h4-7,11-13H,3H2,1-2H3/t11-,12-,13-/m0/s1. The molecule has 1 aromatic carbocycles. The van der Waals surface area contributed by atoms with Crippen LogP contribution < -0.4 is 0 Å². The van der Waals surface area contributed by atoms with Crippen LogP contribution >= 0.6 is 0 Å². The number of hydrogen-bond acceptors (Lipinski definition) is 3. The molecule has 3 atom stereocenters. The summed E-state index contributed by atoms with van der Waals surface area (Å²) >= 11 is 0. The van der Waals surface area contributed by atoms with Crippen molar-refractivity contribution in [2.45, 2.75) is 25.0 Å². The zero-order valence-electron chi connectivity index (χ0n) is 9.92. The summed E-state index contributed by atoms with van der Waals surface area (Å²) in [5, 5.41) is 8.51. The van der Waals surface area contributed by atoms with E-state index in [2.05, 4.69) is 6.07 Å². The third-order valence-electron chi connectivity index (χ3n) is 3.38. The minimum atomic E-state index is -3.12. The summed E-state index contributed by atoms with van der Waals surface area (Å²) in [4.78, 5) is 0. The lowest BCUT2D eigenvalue weighted by atomic mass is 10.1. The van der Waals surface area contributed by atoms with Crippen LogP contribution in [0.5, 0.6) is 0 Å². The van der Waals surface area contributed by atoms with E-state index >= 15 is 0 Å². The SMILES string of the molecule is CCS(=O)(=O)[C@H]1[C@@H](C#N)[C@@H]1c1ccc(C)cc1. The summed E-state index contributed by atoms with van der Waals surface area (Å²) in [5.74, 6) is -0.397. The van der Waals surface area contributed by atoms with E-state index in [0.29, 0.717) is 0 Å². The number of nitrogens with zero attached hydrogens (tertiary/aromatic N) is 1. The summed E-state index contributed by atoms with van der Waals surface area (Å²) in [7, 11) is -3.12. The number of rotatable bonds is 3. The molecule has 0 aliphatic heterocycles. The molecular formula is C13H15NO2S. The first-order chi connectivity index (χ1) is 8.01. The van der Waals surface area contributed by atoms with Crippen LogP contribution in [0.1, 0.15) is 24.0 Å². The average Bonchev–Trinajstić information content (AvgIpc) is 3.05. The Morgan fingerprint density at radius 3 is 2.35 bits per heavy atom. The molecule has 0 aromatic heterocycles. The fraction of sp³-hybridized carbons (Fsp3) is 0.462. The zero-order chi connectivity index (χ0) is 12.6. The van der Waals surface area contributed by atoms with Crippen LogP contribution in [-0.4, -0.2) is 19.4 Å². The molecule has 1 aliphatic rings. The lowest BCUT2D eigenvalue weighted by molar-refractivity contribution is 0.594. The van der Waals surface area contributed by atoms with Crippen molar-refractivity contribution in [3.63, 3.8) is 0 Å². The molecule has 0 N–H and O–H groups in total. The molecule has 1 aromatic rings. The van der Waals surface area contributed by atoms with Gasteiger partial charge in [-0.2, -0.15) is 5.26 Å². The predicted octanol–water partition coefficient (Wildman–Crippen LogP) is 2.04. The zero-order valence-corrected chi connectivity index (χ0v) is 10.7. The van der Waals surface area contributed by atoms with Gasteiger partial charge in [0.1, 0.15) is 0 Å². The van der Waals surface area contributed by atoms with E-state index in [4.69, 9.17) is 5.26 Å². The van der Waals surface area contributed by atoms with Crippen LogP contribution in [0, 0.1) is 24.2 Å². The highest BCUT2D eigenvalue weighted by molar-refractivity contribution is 7.92. The number of benzene rings is 1. The third-order valence-corrected chi connectivity index (χ3v) is 5.60. The summed E-state index contributed by atoms with van der Waals surface area (Å²) < 4.78 is 23.7. The monoisotopic (exact) mass is 249 g/mol. The second kappa shape index (κ2) is 4.15. The second-order valence-corrected chi connectivity index (χ2v) is 6.95. The van der Waals surface area contributed by atoms with Crippen molar-refractivity contribution in [3.05, 3.63) is 35.4 Å². The Labute approximate surface area is 102 Å². The molecule has 0 bridgehead atoms. The molecule has 0 amide bonds. The van der Waals surface area contributed by atoms with Gasteiger partial charge in [-0.1, -0.05) is 36.8 Å². The van der Waals surface area contributed by atoms with E-state index < -0.39 is 15.1 Å². The summed E-state index contributed by atoms with van der Waals surface area (Å²) in [6, 6.07) is 9.88. The molecule has 3 nitrogen and oxygen atoms in total. The van der Waals surface area contributed by atoms with E-state index in [9.17, 15) is 8.42 Å².